The molecule has 0 aromatic carbocycles. The van der Waals surface area contributed by atoms with Crippen molar-refractivity contribution in [3.05, 3.63) is 22.2 Å². The van der Waals surface area contributed by atoms with E-state index in [-0.39, 0.29) is 0 Å². The maximum Gasteiger partial charge on any atom is 0.281 e. The number of hydrogen-bond acceptors (Lipinski definition) is 6. The summed E-state index contributed by atoms with van der Waals surface area (Å²) in [4.78, 5) is 6.83. The number of nitrogens with zero attached hydrogens (tertiary/aromatic N) is 4. The molecule has 120 valence electrons. The Morgan fingerprint density at radius 2 is 1.91 bits per heavy atom. The van der Waals surface area contributed by atoms with Crippen LogP contribution in [0.5, 0.6) is 0 Å². The quantitative estimate of drug-likeness (QED) is 0.836. The van der Waals surface area contributed by atoms with Gasteiger partial charge in [0.2, 0.25) is 0 Å². The monoisotopic (exact) mass is 358 g/mol. The fraction of sp³-hybridized carbons (Fsp3) is 0.462. The Labute approximate surface area is 138 Å². The van der Waals surface area contributed by atoms with Gasteiger partial charge in [0, 0.05) is 56.6 Å². The molecule has 0 radical (unpaired) electrons. The summed E-state index contributed by atoms with van der Waals surface area (Å²) in [6.07, 6.45) is 0. The van der Waals surface area contributed by atoms with Crippen molar-refractivity contribution in [1.29, 1.82) is 0 Å². The van der Waals surface area contributed by atoms with Gasteiger partial charge in [-0.05, 0) is 11.4 Å². The van der Waals surface area contributed by atoms with Crippen molar-refractivity contribution in [2.45, 2.75) is 0 Å². The second-order valence-electron chi connectivity index (χ2n) is 5.20. The van der Waals surface area contributed by atoms with E-state index in [2.05, 4.69) is 26.7 Å². The van der Waals surface area contributed by atoms with Crippen LogP contribution >= 0.6 is 22.7 Å². The molecule has 0 spiro atoms. The van der Waals surface area contributed by atoms with Crippen molar-refractivity contribution >= 4 is 38.0 Å². The molecule has 6 nitrogen and oxygen atoms in total. The van der Waals surface area contributed by atoms with E-state index in [0.717, 1.165) is 16.4 Å². The van der Waals surface area contributed by atoms with Gasteiger partial charge in [-0.3, -0.25) is 0 Å². The van der Waals surface area contributed by atoms with Gasteiger partial charge in [0.1, 0.15) is 0 Å². The number of hydrogen-bond donors (Lipinski definition) is 0. The second-order valence-corrected chi connectivity index (χ2v) is 8.96. The fourth-order valence-corrected chi connectivity index (χ4v) is 4.92. The smallest absolute Gasteiger partial charge is 0.281 e. The van der Waals surface area contributed by atoms with Gasteiger partial charge in [0.15, 0.2) is 5.13 Å². The Morgan fingerprint density at radius 1 is 1.18 bits per heavy atom. The Kier molecular flexibility index (Phi) is 4.51. The van der Waals surface area contributed by atoms with Crippen molar-refractivity contribution < 1.29 is 8.42 Å². The number of rotatable bonds is 4. The molecule has 0 atom stereocenters. The fourth-order valence-electron chi connectivity index (χ4n) is 2.29. The zero-order chi connectivity index (χ0) is 15.7. The number of piperazine rings is 1. The van der Waals surface area contributed by atoms with Gasteiger partial charge < -0.3 is 4.90 Å². The minimum Gasteiger partial charge on any atom is -0.345 e. The Balaban J connectivity index is 1.67. The molecule has 0 N–H and O–H groups in total. The van der Waals surface area contributed by atoms with Crippen LogP contribution < -0.4 is 4.90 Å². The molecule has 1 aliphatic rings. The lowest BCUT2D eigenvalue weighted by Crippen LogP contribution is -2.51. The lowest BCUT2D eigenvalue weighted by Gasteiger charge is -2.34. The minimum absolute atomic E-state index is 0.494. The third kappa shape index (κ3) is 3.04. The van der Waals surface area contributed by atoms with Crippen molar-refractivity contribution in [3.8, 4) is 11.3 Å². The van der Waals surface area contributed by atoms with Crippen LogP contribution in [0.4, 0.5) is 5.13 Å². The molecular formula is C13H18N4O2S3. The molecule has 1 aliphatic heterocycles. The maximum atomic E-state index is 12.1. The summed E-state index contributed by atoms with van der Waals surface area (Å²) in [6, 6.07) is 2.06. The zero-order valence-corrected chi connectivity index (χ0v) is 14.9. The van der Waals surface area contributed by atoms with Crippen molar-refractivity contribution in [2.24, 2.45) is 0 Å². The molecule has 2 aromatic heterocycles. The van der Waals surface area contributed by atoms with Crippen molar-refractivity contribution in [1.82, 2.24) is 13.6 Å². The first kappa shape index (κ1) is 15.9. The van der Waals surface area contributed by atoms with E-state index in [1.807, 2.05) is 5.38 Å². The van der Waals surface area contributed by atoms with Crippen LogP contribution in [0.25, 0.3) is 11.3 Å². The Bertz CT molecular complexity index is 716. The van der Waals surface area contributed by atoms with E-state index < -0.39 is 10.2 Å². The van der Waals surface area contributed by atoms with Crippen LogP contribution in [0.3, 0.4) is 0 Å². The van der Waals surface area contributed by atoms with Crippen molar-refractivity contribution in [2.75, 3.05) is 45.2 Å². The maximum absolute atomic E-state index is 12.1. The normalized spacial score (nSPS) is 17.3. The first-order valence-electron chi connectivity index (χ1n) is 6.89. The summed E-state index contributed by atoms with van der Waals surface area (Å²) in [7, 11) is -0.181. The highest BCUT2D eigenvalue weighted by atomic mass is 32.2. The molecule has 0 bridgehead atoms. The summed E-state index contributed by atoms with van der Waals surface area (Å²) >= 11 is 3.27. The van der Waals surface area contributed by atoms with E-state index >= 15 is 0 Å². The number of aromatic nitrogens is 1. The molecule has 2 aromatic rings. The third-order valence-corrected chi connectivity index (χ3v) is 7.13. The molecule has 22 heavy (non-hydrogen) atoms. The van der Waals surface area contributed by atoms with Crippen LogP contribution in [-0.4, -0.2) is 62.3 Å². The predicted octanol–water partition coefficient (Wildman–Crippen LogP) is 1.80. The molecular weight excluding hydrogens is 340 g/mol. The molecule has 1 fully saturated rings. The minimum atomic E-state index is -3.31. The molecule has 1 saturated heterocycles. The molecule has 3 heterocycles. The highest BCUT2D eigenvalue weighted by Crippen LogP contribution is 2.29. The van der Waals surface area contributed by atoms with Crippen LogP contribution in [0, 0.1) is 0 Å². The standard InChI is InChI=1S/C13H18N4O2S3/c1-15(2)22(18,19)17-6-4-16(5-7-17)13-14-12(10-21-13)11-3-8-20-9-11/h3,8-10H,4-7H2,1-2H3. The Hall–Kier alpha value is -1.00. The van der Waals surface area contributed by atoms with Crippen LogP contribution in [0.2, 0.25) is 0 Å². The SMILES string of the molecule is CN(C)S(=O)(=O)N1CCN(c2nc(-c3ccsc3)cs2)CC1. The number of anilines is 1. The molecule has 9 heteroatoms. The summed E-state index contributed by atoms with van der Waals surface area (Å²) in [5.74, 6) is 0. The highest BCUT2D eigenvalue weighted by molar-refractivity contribution is 7.86. The zero-order valence-electron chi connectivity index (χ0n) is 12.5. The molecule has 0 saturated carbocycles. The molecule has 3 rings (SSSR count). The van der Waals surface area contributed by atoms with Gasteiger partial charge in [0.05, 0.1) is 5.69 Å². The number of thiazole rings is 1. The van der Waals surface area contributed by atoms with E-state index in [1.165, 1.54) is 8.61 Å². The molecule has 0 unspecified atom stereocenters. The lowest BCUT2D eigenvalue weighted by atomic mass is 10.3. The first-order chi connectivity index (χ1) is 10.5. The third-order valence-electron chi connectivity index (χ3n) is 3.61. The predicted molar refractivity (Wildman–Crippen MR) is 91.8 cm³/mol. The highest BCUT2D eigenvalue weighted by Gasteiger charge is 2.29. The Morgan fingerprint density at radius 3 is 2.50 bits per heavy atom. The van der Waals surface area contributed by atoms with Gasteiger partial charge in [0.25, 0.3) is 10.2 Å². The van der Waals surface area contributed by atoms with E-state index in [4.69, 9.17) is 0 Å². The van der Waals surface area contributed by atoms with Crippen LogP contribution in [-0.2, 0) is 10.2 Å². The van der Waals surface area contributed by atoms with E-state index in [9.17, 15) is 8.42 Å². The summed E-state index contributed by atoms with van der Waals surface area (Å²) < 4.78 is 27.0. The average molecular weight is 359 g/mol. The summed E-state index contributed by atoms with van der Waals surface area (Å²) in [5, 5.41) is 7.14. The number of thiophene rings is 1. The molecule has 0 amide bonds. The van der Waals surface area contributed by atoms with E-state index in [1.54, 1.807) is 36.8 Å². The summed E-state index contributed by atoms with van der Waals surface area (Å²) in [5.41, 5.74) is 2.13. The molecule has 0 aliphatic carbocycles. The van der Waals surface area contributed by atoms with Crippen molar-refractivity contribution in [3.63, 3.8) is 0 Å². The van der Waals surface area contributed by atoms with Crippen LogP contribution in [0.15, 0.2) is 22.2 Å². The van der Waals surface area contributed by atoms with Gasteiger partial charge in [-0.2, -0.15) is 28.4 Å². The second kappa shape index (κ2) is 6.25. The average Bonchev–Trinajstić information content (AvgIpc) is 3.18. The van der Waals surface area contributed by atoms with Gasteiger partial charge >= 0.3 is 0 Å². The van der Waals surface area contributed by atoms with Gasteiger partial charge in [-0.15, -0.1) is 11.3 Å². The topological polar surface area (TPSA) is 56.8 Å². The summed E-state index contributed by atoms with van der Waals surface area (Å²) in [6.45, 7) is 2.33. The lowest BCUT2D eigenvalue weighted by molar-refractivity contribution is 0.355. The van der Waals surface area contributed by atoms with Gasteiger partial charge in [-0.25, -0.2) is 4.98 Å². The van der Waals surface area contributed by atoms with E-state index in [0.29, 0.717) is 26.2 Å². The van der Waals surface area contributed by atoms with Crippen LogP contribution in [0.1, 0.15) is 0 Å². The van der Waals surface area contributed by atoms with Gasteiger partial charge in [-0.1, -0.05) is 0 Å². The largest absolute Gasteiger partial charge is 0.345 e. The first-order valence-corrected chi connectivity index (χ1v) is 10.1.